The molecule has 37 heavy (non-hydrogen) atoms. The maximum Gasteiger partial charge on any atom is 0.253 e. The Hall–Kier alpha value is -2.14. The number of unbranched alkanes of at least 4 members (excludes halogenated alkanes) is 2. The van der Waals surface area contributed by atoms with Gasteiger partial charge in [-0.2, -0.15) is 0 Å². The van der Waals surface area contributed by atoms with Crippen molar-refractivity contribution in [3.63, 3.8) is 0 Å². The zero-order chi connectivity index (χ0) is 26.6. The van der Waals surface area contributed by atoms with Gasteiger partial charge in [-0.3, -0.25) is 14.5 Å². The Morgan fingerprint density at radius 1 is 1.05 bits per heavy atom. The van der Waals surface area contributed by atoms with E-state index in [9.17, 15) is 9.59 Å². The normalized spacial score (nSPS) is 23.0. The van der Waals surface area contributed by atoms with E-state index in [4.69, 9.17) is 0 Å². The number of hydrogen-bond donors (Lipinski definition) is 0. The first-order chi connectivity index (χ1) is 17.7. The quantitative estimate of drug-likeness (QED) is 0.287. The third kappa shape index (κ3) is 6.47. The molecule has 1 saturated carbocycles. The molecule has 0 radical (unpaired) electrons. The molecular formula is C32H49N3O2. The van der Waals surface area contributed by atoms with Gasteiger partial charge in [-0.25, -0.2) is 0 Å². The van der Waals surface area contributed by atoms with Crippen LogP contribution in [0.1, 0.15) is 82.6 Å². The van der Waals surface area contributed by atoms with E-state index in [1.165, 1.54) is 43.2 Å². The van der Waals surface area contributed by atoms with E-state index in [2.05, 4.69) is 48.8 Å². The number of rotatable bonds is 11. The van der Waals surface area contributed by atoms with E-state index in [0.29, 0.717) is 11.3 Å². The maximum atomic E-state index is 13.1. The molecule has 1 aromatic carbocycles. The average molecular weight is 508 g/mol. The predicted octanol–water partition coefficient (Wildman–Crippen LogP) is 5.65. The van der Waals surface area contributed by atoms with Crippen LogP contribution >= 0.6 is 0 Å². The summed E-state index contributed by atoms with van der Waals surface area (Å²) in [5, 5.41) is 0. The van der Waals surface area contributed by atoms with Crippen molar-refractivity contribution in [1.29, 1.82) is 0 Å². The summed E-state index contributed by atoms with van der Waals surface area (Å²) in [6.07, 6.45) is 9.67. The van der Waals surface area contributed by atoms with Crippen molar-refractivity contribution < 1.29 is 9.59 Å². The number of amides is 2. The number of hydrogen-bond acceptors (Lipinski definition) is 3. The molecule has 4 aliphatic rings. The third-order valence-electron chi connectivity index (χ3n) is 9.38. The molecule has 1 saturated heterocycles. The van der Waals surface area contributed by atoms with E-state index in [-0.39, 0.29) is 17.7 Å². The highest BCUT2D eigenvalue weighted by atomic mass is 16.2. The summed E-state index contributed by atoms with van der Waals surface area (Å²) >= 11 is 0. The standard InChI is InChI=1S/C32H49N3O2/c1-6-7-8-9-25-10-12-26(13-11-25)31(37)34-19-16-33(17-20-34)18-21-35(30(36)24(2)3)23-27-14-15-28-22-29(27)32(28,4)5/h10-14,24,28-29H,6-9,15-23H2,1-5H3. The summed E-state index contributed by atoms with van der Waals surface area (Å²) in [5.41, 5.74) is 3.98. The molecule has 5 heteroatoms. The molecule has 2 bridgehead atoms. The number of benzene rings is 1. The number of fused-ring (bicyclic) bond motifs is 1. The summed E-state index contributed by atoms with van der Waals surface area (Å²) < 4.78 is 0. The number of piperazine rings is 1. The molecular weight excluding hydrogens is 458 g/mol. The fraction of sp³-hybridized carbons (Fsp3) is 0.688. The molecule has 2 fully saturated rings. The van der Waals surface area contributed by atoms with Gasteiger partial charge in [-0.05, 0) is 60.6 Å². The highest BCUT2D eigenvalue weighted by Crippen LogP contribution is 2.59. The molecule has 2 unspecified atom stereocenters. The lowest BCUT2D eigenvalue weighted by Crippen LogP contribution is -2.52. The maximum absolute atomic E-state index is 13.1. The zero-order valence-corrected chi connectivity index (χ0v) is 24.0. The van der Waals surface area contributed by atoms with Crippen LogP contribution in [-0.4, -0.2) is 72.3 Å². The first kappa shape index (κ1) is 27.9. The Balaban J connectivity index is 1.26. The van der Waals surface area contributed by atoms with E-state index in [1.54, 1.807) is 0 Å². The highest BCUT2D eigenvalue weighted by molar-refractivity contribution is 5.94. The van der Waals surface area contributed by atoms with E-state index in [1.807, 2.05) is 30.9 Å². The van der Waals surface area contributed by atoms with Crippen LogP contribution < -0.4 is 0 Å². The van der Waals surface area contributed by atoms with E-state index in [0.717, 1.165) is 63.7 Å². The molecule has 204 valence electrons. The fourth-order valence-electron chi connectivity index (χ4n) is 6.52. The molecule has 1 heterocycles. The number of carbonyl (C=O) groups is 2. The summed E-state index contributed by atoms with van der Waals surface area (Å²) in [6, 6.07) is 8.23. The van der Waals surface area contributed by atoms with Gasteiger partial charge >= 0.3 is 0 Å². The third-order valence-corrected chi connectivity index (χ3v) is 9.38. The number of allylic oxidation sites excluding steroid dienone is 1. The van der Waals surface area contributed by atoms with Crippen LogP contribution in [0.15, 0.2) is 35.9 Å². The molecule has 0 aromatic heterocycles. The van der Waals surface area contributed by atoms with Crippen LogP contribution in [0.3, 0.4) is 0 Å². The summed E-state index contributed by atoms with van der Waals surface area (Å²) in [6.45, 7) is 16.7. The second-order valence-corrected chi connectivity index (χ2v) is 12.5. The molecule has 1 aromatic rings. The van der Waals surface area contributed by atoms with Crippen LogP contribution in [0.5, 0.6) is 0 Å². The first-order valence-electron chi connectivity index (χ1n) is 14.8. The Labute approximate surface area is 225 Å². The highest BCUT2D eigenvalue weighted by Gasteiger charge is 2.51. The van der Waals surface area contributed by atoms with Gasteiger partial charge in [-0.15, -0.1) is 0 Å². The van der Waals surface area contributed by atoms with Crippen molar-refractivity contribution in [3.8, 4) is 0 Å². The van der Waals surface area contributed by atoms with Crippen LogP contribution in [0.25, 0.3) is 0 Å². The van der Waals surface area contributed by atoms with Gasteiger partial charge in [0.05, 0.1) is 0 Å². The topological polar surface area (TPSA) is 43.9 Å². The van der Waals surface area contributed by atoms with E-state index >= 15 is 0 Å². The van der Waals surface area contributed by atoms with Crippen LogP contribution in [0.2, 0.25) is 0 Å². The molecule has 3 aliphatic carbocycles. The van der Waals surface area contributed by atoms with Gasteiger partial charge in [0.25, 0.3) is 5.91 Å². The minimum Gasteiger partial charge on any atom is -0.337 e. The predicted molar refractivity (Wildman–Crippen MR) is 152 cm³/mol. The van der Waals surface area contributed by atoms with Gasteiger partial charge < -0.3 is 9.80 Å². The number of carbonyl (C=O) groups excluding carboxylic acids is 2. The van der Waals surface area contributed by atoms with Crippen LogP contribution in [0.4, 0.5) is 0 Å². The second kappa shape index (κ2) is 12.1. The van der Waals surface area contributed by atoms with Crippen molar-refractivity contribution >= 4 is 11.8 Å². The molecule has 5 nitrogen and oxygen atoms in total. The number of nitrogens with zero attached hydrogens (tertiary/aromatic N) is 3. The minimum atomic E-state index is 0.0128. The lowest BCUT2D eigenvalue weighted by molar-refractivity contribution is -0.134. The second-order valence-electron chi connectivity index (χ2n) is 12.5. The van der Waals surface area contributed by atoms with Crippen LogP contribution in [-0.2, 0) is 11.2 Å². The van der Waals surface area contributed by atoms with Gasteiger partial charge in [0.15, 0.2) is 0 Å². The molecule has 2 atom stereocenters. The monoisotopic (exact) mass is 507 g/mol. The SMILES string of the molecule is CCCCCc1ccc(C(=O)N2CCN(CCN(CC3=CCC4CC3C4(C)C)C(=O)C(C)C)CC2)cc1. The Bertz CT molecular complexity index is 957. The summed E-state index contributed by atoms with van der Waals surface area (Å²) in [7, 11) is 0. The molecule has 0 N–H and O–H groups in total. The van der Waals surface area contributed by atoms with Gasteiger partial charge in [0, 0.05) is 57.3 Å². The molecule has 0 spiro atoms. The summed E-state index contributed by atoms with van der Waals surface area (Å²) in [4.78, 5) is 32.7. The van der Waals surface area contributed by atoms with Crippen molar-refractivity contribution in [2.75, 3.05) is 45.8 Å². The zero-order valence-electron chi connectivity index (χ0n) is 24.0. The largest absolute Gasteiger partial charge is 0.337 e. The molecule has 1 aliphatic heterocycles. The van der Waals surface area contributed by atoms with Crippen molar-refractivity contribution in [3.05, 3.63) is 47.0 Å². The molecule has 5 rings (SSSR count). The lowest BCUT2D eigenvalue weighted by atomic mass is 9.49. The van der Waals surface area contributed by atoms with Crippen molar-refractivity contribution in [2.24, 2.45) is 23.2 Å². The first-order valence-corrected chi connectivity index (χ1v) is 14.8. The minimum absolute atomic E-state index is 0.0128. The van der Waals surface area contributed by atoms with Crippen LogP contribution in [0, 0.1) is 23.2 Å². The van der Waals surface area contributed by atoms with Crippen molar-refractivity contribution in [1.82, 2.24) is 14.7 Å². The fourth-order valence-corrected chi connectivity index (χ4v) is 6.52. The van der Waals surface area contributed by atoms with Gasteiger partial charge in [0.2, 0.25) is 5.91 Å². The molecule has 2 amide bonds. The average Bonchev–Trinajstić information content (AvgIpc) is 2.91. The Kier molecular flexibility index (Phi) is 9.15. The van der Waals surface area contributed by atoms with Crippen molar-refractivity contribution in [2.45, 2.75) is 73.1 Å². The van der Waals surface area contributed by atoms with Gasteiger partial charge in [0.1, 0.15) is 0 Å². The number of aryl methyl sites for hydroxylation is 1. The lowest BCUT2D eigenvalue weighted by Gasteiger charge is -2.57. The summed E-state index contributed by atoms with van der Waals surface area (Å²) in [5.74, 6) is 1.86. The van der Waals surface area contributed by atoms with E-state index < -0.39 is 0 Å². The Morgan fingerprint density at radius 2 is 1.76 bits per heavy atom. The Morgan fingerprint density at radius 3 is 2.35 bits per heavy atom. The van der Waals surface area contributed by atoms with Gasteiger partial charge in [-0.1, -0.05) is 71.2 Å². The smallest absolute Gasteiger partial charge is 0.253 e.